The van der Waals surface area contributed by atoms with E-state index in [2.05, 4.69) is 4.99 Å². The average Bonchev–Trinajstić information content (AvgIpc) is 2.91. The highest BCUT2D eigenvalue weighted by molar-refractivity contribution is 6.04. The van der Waals surface area contributed by atoms with Gasteiger partial charge in [0.05, 0.1) is 0 Å². The van der Waals surface area contributed by atoms with Gasteiger partial charge in [0.25, 0.3) is 5.91 Å². The third-order valence-corrected chi connectivity index (χ3v) is 3.21. The van der Waals surface area contributed by atoms with E-state index in [0.29, 0.717) is 5.56 Å². The largest absolute Gasteiger partial charge is 0.377 e. The first-order valence-corrected chi connectivity index (χ1v) is 6.49. The number of halogens is 1. The Kier molecular flexibility index (Phi) is 5.59. The molecule has 118 valence electrons. The fraction of sp³-hybridized carbons (Fsp3) is 0.200. The topological polar surface area (TPSA) is 89.6 Å². The summed E-state index contributed by atoms with van der Waals surface area (Å²) in [5, 5.41) is 0. The number of hydrogen-bond donors (Lipinski definition) is 2. The maximum Gasteiger partial charge on any atom is 0.280 e. The molecule has 0 saturated carbocycles. The van der Waals surface area contributed by atoms with Gasteiger partial charge in [-0.15, -0.1) is 12.4 Å². The molecule has 1 aromatic heterocycles. The third kappa shape index (κ3) is 3.59. The van der Waals surface area contributed by atoms with Gasteiger partial charge in [0.2, 0.25) is 0 Å². The van der Waals surface area contributed by atoms with Crippen molar-refractivity contribution < 1.29 is 4.79 Å². The minimum Gasteiger partial charge on any atom is -0.377 e. The summed E-state index contributed by atoms with van der Waals surface area (Å²) in [6, 6.07) is 7.65. The number of aromatic nitrogens is 1. The Morgan fingerprint density at radius 1 is 1.18 bits per heavy atom. The SMILES string of the molecule is Cc1c(C(=O)N=C(N)N)cc(-n2cccc2)cc1N(C)C.Cl. The molecule has 0 atom stereocenters. The lowest BCUT2D eigenvalue weighted by Crippen LogP contribution is -2.24. The summed E-state index contributed by atoms with van der Waals surface area (Å²) in [6.45, 7) is 1.88. The van der Waals surface area contributed by atoms with Crippen LogP contribution in [-0.4, -0.2) is 30.5 Å². The van der Waals surface area contributed by atoms with E-state index in [9.17, 15) is 4.79 Å². The lowest BCUT2D eigenvalue weighted by atomic mass is 10.0. The Morgan fingerprint density at radius 3 is 2.27 bits per heavy atom. The van der Waals surface area contributed by atoms with Gasteiger partial charge in [-0.05, 0) is 36.8 Å². The summed E-state index contributed by atoms with van der Waals surface area (Å²) in [4.78, 5) is 17.8. The second-order valence-electron chi connectivity index (χ2n) is 4.96. The van der Waals surface area contributed by atoms with E-state index in [1.807, 2.05) is 61.1 Å². The van der Waals surface area contributed by atoms with Crippen LogP contribution in [0.1, 0.15) is 15.9 Å². The molecule has 6 nitrogen and oxygen atoms in total. The van der Waals surface area contributed by atoms with E-state index in [1.54, 1.807) is 6.07 Å². The van der Waals surface area contributed by atoms with Gasteiger partial charge in [0, 0.05) is 43.4 Å². The van der Waals surface area contributed by atoms with Gasteiger partial charge in [-0.25, -0.2) is 0 Å². The molecular formula is C15H20ClN5O. The van der Waals surface area contributed by atoms with Crippen LogP contribution in [0.2, 0.25) is 0 Å². The Hall–Kier alpha value is -2.47. The number of carbonyl (C=O) groups excluding carboxylic acids is 1. The van der Waals surface area contributed by atoms with Crippen LogP contribution >= 0.6 is 12.4 Å². The summed E-state index contributed by atoms with van der Waals surface area (Å²) >= 11 is 0. The number of carbonyl (C=O) groups is 1. The number of nitrogens with two attached hydrogens (primary N) is 2. The van der Waals surface area contributed by atoms with E-state index < -0.39 is 5.91 Å². The van der Waals surface area contributed by atoms with Crippen LogP contribution < -0.4 is 16.4 Å². The zero-order valence-corrected chi connectivity index (χ0v) is 13.6. The zero-order chi connectivity index (χ0) is 15.6. The predicted molar refractivity (Wildman–Crippen MR) is 92.2 cm³/mol. The molecule has 0 aliphatic rings. The summed E-state index contributed by atoms with van der Waals surface area (Å²) in [6.07, 6.45) is 3.83. The van der Waals surface area contributed by atoms with Crippen molar-refractivity contribution in [2.24, 2.45) is 16.5 Å². The Morgan fingerprint density at radius 2 is 1.77 bits per heavy atom. The van der Waals surface area contributed by atoms with Crippen molar-refractivity contribution in [1.29, 1.82) is 0 Å². The van der Waals surface area contributed by atoms with Gasteiger partial charge in [-0.2, -0.15) is 4.99 Å². The quantitative estimate of drug-likeness (QED) is 0.665. The lowest BCUT2D eigenvalue weighted by molar-refractivity contribution is 0.100. The van der Waals surface area contributed by atoms with Crippen molar-refractivity contribution in [1.82, 2.24) is 4.57 Å². The molecule has 1 heterocycles. The molecule has 0 saturated heterocycles. The summed E-state index contributed by atoms with van der Waals surface area (Å²) in [5.74, 6) is -0.679. The maximum absolute atomic E-state index is 12.2. The fourth-order valence-corrected chi connectivity index (χ4v) is 2.20. The van der Waals surface area contributed by atoms with Crippen LogP contribution in [-0.2, 0) is 0 Å². The summed E-state index contributed by atoms with van der Waals surface area (Å²) in [7, 11) is 3.85. The fourth-order valence-electron chi connectivity index (χ4n) is 2.20. The number of benzene rings is 1. The molecule has 0 aliphatic heterocycles. The predicted octanol–water partition coefficient (Wildman–Crippen LogP) is 1.69. The van der Waals surface area contributed by atoms with Gasteiger partial charge < -0.3 is 20.9 Å². The Bertz CT molecular complexity index is 688. The van der Waals surface area contributed by atoms with E-state index >= 15 is 0 Å². The molecule has 4 N–H and O–H groups in total. The van der Waals surface area contributed by atoms with Gasteiger partial charge in [-0.1, -0.05) is 0 Å². The van der Waals surface area contributed by atoms with E-state index in [4.69, 9.17) is 11.5 Å². The van der Waals surface area contributed by atoms with Gasteiger partial charge in [-0.3, -0.25) is 4.79 Å². The molecule has 1 amide bonds. The van der Waals surface area contributed by atoms with Gasteiger partial charge >= 0.3 is 0 Å². The highest BCUT2D eigenvalue weighted by Gasteiger charge is 2.15. The minimum absolute atomic E-state index is 0. The van der Waals surface area contributed by atoms with Crippen LogP contribution in [0.15, 0.2) is 41.7 Å². The van der Waals surface area contributed by atoms with Gasteiger partial charge in [0.15, 0.2) is 5.96 Å². The van der Waals surface area contributed by atoms with Crippen molar-refractivity contribution in [3.63, 3.8) is 0 Å². The summed E-state index contributed by atoms with van der Waals surface area (Å²) in [5.41, 5.74) is 13.7. The van der Waals surface area contributed by atoms with E-state index in [1.165, 1.54) is 0 Å². The number of amides is 1. The van der Waals surface area contributed by atoms with Crippen molar-refractivity contribution in [2.75, 3.05) is 19.0 Å². The number of guanidine groups is 1. The van der Waals surface area contributed by atoms with E-state index in [0.717, 1.165) is 16.9 Å². The molecule has 0 radical (unpaired) electrons. The number of hydrogen-bond acceptors (Lipinski definition) is 2. The van der Waals surface area contributed by atoms with Crippen LogP contribution in [0.3, 0.4) is 0 Å². The molecule has 0 aliphatic carbocycles. The monoisotopic (exact) mass is 321 g/mol. The van der Waals surface area contributed by atoms with Crippen molar-refractivity contribution in [2.45, 2.75) is 6.92 Å². The highest BCUT2D eigenvalue weighted by atomic mass is 35.5. The second kappa shape index (κ2) is 7.00. The normalized spacial score (nSPS) is 9.77. The molecule has 0 spiro atoms. The van der Waals surface area contributed by atoms with Crippen LogP contribution in [0.4, 0.5) is 5.69 Å². The molecule has 1 aromatic carbocycles. The van der Waals surface area contributed by atoms with Crippen LogP contribution in [0.25, 0.3) is 5.69 Å². The molecule has 22 heavy (non-hydrogen) atoms. The molecule has 2 aromatic rings. The Labute approximate surface area is 135 Å². The number of aliphatic imine (C=N–C) groups is 1. The van der Waals surface area contributed by atoms with Crippen LogP contribution in [0.5, 0.6) is 0 Å². The van der Waals surface area contributed by atoms with Crippen molar-refractivity contribution in [3.05, 3.63) is 47.8 Å². The zero-order valence-electron chi connectivity index (χ0n) is 12.8. The number of anilines is 1. The molecule has 7 heteroatoms. The van der Waals surface area contributed by atoms with E-state index in [-0.39, 0.29) is 18.4 Å². The average molecular weight is 322 g/mol. The highest BCUT2D eigenvalue weighted by Crippen LogP contribution is 2.26. The van der Waals surface area contributed by atoms with Crippen LogP contribution in [0, 0.1) is 6.92 Å². The first kappa shape index (κ1) is 17.6. The third-order valence-electron chi connectivity index (χ3n) is 3.21. The maximum atomic E-state index is 12.2. The molecular weight excluding hydrogens is 302 g/mol. The summed E-state index contributed by atoms with van der Waals surface area (Å²) < 4.78 is 1.93. The second-order valence-corrected chi connectivity index (χ2v) is 4.96. The first-order chi connectivity index (χ1) is 9.90. The minimum atomic E-state index is -0.440. The number of rotatable bonds is 3. The molecule has 0 unspecified atom stereocenters. The molecule has 0 fully saturated rings. The molecule has 2 rings (SSSR count). The number of nitrogens with zero attached hydrogens (tertiary/aromatic N) is 3. The van der Waals surface area contributed by atoms with Gasteiger partial charge in [0.1, 0.15) is 0 Å². The van der Waals surface area contributed by atoms with Crippen molar-refractivity contribution in [3.8, 4) is 5.69 Å². The first-order valence-electron chi connectivity index (χ1n) is 6.49. The molecule has 0 bridgehead atoms. The lowest BCUT2D eigenvalue weighted by Gasteiger charge is -2.19. The standard InChI is InChI=1S/C15H19N5O.ClH/c1-10-12(14(21)18-15(16)17)8-11(9-13(10)19(2)3)20-6-4-5-7-20;/h4-9H,1-3H3,(H4,16,17,18,21);1H. The Balaban J connectivity index is 0.00000242. The smallest absolute Gasteiger partial charge is 0.280 e. The van der Waals surface area contributed by atoms with Crippen molar-refractivity contribution >= 4 is 30.0 Å².